The Morgan fingerprint density at radius 3 is 2.42 bits per heavy atom. The number of aromatic nitrogens is 3. The molecule has 2 aromatic heterocycles. The number of hydrogen-bond acceptors (Lipinski definition) is 7. The average molecular weight is 498 g/mol. The van der Waals surface area contributed by atoms with E-state index < -0.39 is 17.9 Å². The van der Waals surface area contributed by atoms with Gasteiger partial charge < -0.3 is 10.2 Å². The fourth-order valence-corrected chi connectivity index (χ4v) is 5.66. The summed E-state index contributed by atoms with van der Waals surface area (Å²) in [6.07, 6.45) is 0. The molecule has 2 N–H and O–H groups in total. The van der Waals surface area contributed by atoms with E-state index in [9.17, 15) is 20.3 Å². The number of benzene rings is 2. The lowest BCUT2D eigenvalue weighted by Crippen LogP contribution is -2.21. The van der Waals surface area contributed by atoms with E-state index in [1.54, 1.807) is 30.4 Å². The molecule has 2 aromatic carbocycles. The highest BCUT2D eigenvalue weighted by molar-refractivity contribution is 7.15. The molecule has 1 aliphatic rings. The van der Waals surface area contributed by atoms with Crippen LogP contribution in [0.15, 0.2) is 47.5 Å². The molecule has 0 spiro atoms. The molecule has 4 aromatic rings. The molecule has 8 nitrogen and oxygen atoms in total. The van der Waals surface area contributed by atoms with Crippen LogP contribution in [-0.2, 0) is 4.79 Å². The Balaban J connectivity index is 1.69. The van der Waals surface area contributed by atoms with Crippen LogP contribution in [0.1, 0.15) is 51.7 Å². The van der Waals surface area contributed by atoms with E-state index in [0.29, 0.717) is 17.4 Å². The van der Waals surface area contributed by atoms with Crippen LogP contribution in [0.25, 0.3) is 16.1 Å². The SMILES string of the molecule is Cc1sc2c(c1C)C(c1ccc(-c3ccc(O)c(C#N)c3)cc1)=N[C@@H](C(C)C(=O)O)c1nnc(C)n1-2. The van der Waals surface area contributed by atoms with Crippen LogP contribution in [0, 0.1) is 38.0 Å². The molecule has 36 heavy (non-hydrogen) atoms. The van der Waals surface area contributed by atoms with Gasteiger partial charge in [-0.2, -0.15) is 5.26 Å². The first-order valence-corrected chi connectivity index (χ1v) is 12.2. The number of aromatic hydroxyl groups is 1. The van der Waals surface area contributed by atoms with Gasteiger partial charge in [0.15, 0.2) is 5.82 Å². The third kappa shape index (κ3) is 3.67. The van der Waals surface area contributed by atoms with Crippen LogP contribution in [0.3, 0.4) is 0 Å². The molecule has 9 heteroatoms. The van der Waals surface area contributed by atoms with Gasteiger partial charge in [-0.1, -0.05) is 30.3 Å². The van der Waals surface area contributed by atoms with E-state index in [1.165, 1.54) is 6.07 Å². The van der Waals surface area contributed by atoms with Crippen molar-refractivity contribution in [3.63, 3.8) is 0 Å². The van der Waals surface area contributed by atoms with Gasteiger partial charge >= 0.3 is 5.97 Å². The number of fused-ring (bicyclic) bond motifs is 3. The summed E-state index contributed by atoms with van der Waals surface area (Å²) < 4.78 is 1.94. The number of aliphatic imine (C=N–C) groups is 1. The molecule has 0 bridgehead atoms. The molecule has 3 heterocycles. The first kappa shape index (κ1) is 23.5. The zero-order valence-corrected chi connectivity index (χ0v) is 21.0. The second kappa shape index (κ2) is 8.73. The third-order valence-corrected chi connectivity index (χ3v) is 7.85. The van der Waals surface area contributed by atoms with Crippen molar-refractivity contribution in [3.05, 3.63) is 81.2 Å². The van der Waals surface area contributed by atoms with Crippen LogP contribution < -0.4 is 0 Å². The van der Waals surface area contributed by atoms with Crippen molar-refractivity contribution >= 4 is 23.0 Å². The molecular formula is C27H23N5O3S. The molecule has 0 aliphatic carbocycles. The van der Waals surface area contributed by atoms with Gasteiger partial charge in [0.2, 0.25) is 0 Å². The summed E-state index contributed by atoms with van der Waals surface area (Å²) in [5.74, 6) is -0.613. The summed E-state index contributed by atoms with van der Waals surface area (Å²) in [6, 6.07) is 14.0. The van der Waals surface area contributed by atoms with Crippen LogP contribution in [-0.4, -0.2) is 36.7 Å². The van der Waals surface area contributed by atoms with Gasteiger partial charge in [0.1, 0.15) is 28.7 Å². The van der Waals surface area contributed by atoms with Gasteiger partial charge in [0, 0.05) is 16.0 Å². The number of nitrogens with zero attached hydrogens (tertiary/aromatic N) is 5. The Hall–Kier alpha value is -4.29. The van der Waals surface area contributed by atoms with Crippen LogP contribution in [0.5, 0.6) is 5.75 Å². The largest absolute Gasteiger partial charge is 0.507 e. The number of carboxylic acids is 1. The maximum Gasteiger partial charge on any atom is 0.308 e. The zero-order chi connectivity index (χ0) is 25.7. The molecule has 0 amide bonds. The van der Waals surface area contributed by atoms with E-state index in [1.807, 2.05) is 41.8 Å². The maximum absolute atomic E-state index is 12.0. The van der Waals surface area contributed by atoms with E-state index in [4.69, 9.17) is 4.99 Å². The molecule has 5 rings (SSSR count). The van der Waals surface area contributed by atoms with Gasteiger partial charge in [0.25, 0.3) is 0 Å². The van der Waals surface area contributed by atoms with E-state index >= 15 is 0 Å². The average Bonchev–Trinajstić information content (AvgIpc) is 3.33. The van der Waals surface area contributed by atoms with Gasteiger partial charge in [-0.15, -0.1) is 21.5 Å². The van der Waals surface area contributed by atoms with Crippen molar-refractivity contribution in [2.75, 3.05) is 0 Å². The number of carbonyl (C=O) groups is 1. The van der Waals surface area contributed by atoms with E-state index in [-0.39, 0.29) is 11.3 Å². The predicted octanol–water partition coefficient (Wildman–Crippen LogP) is 5.11. The molecule has 0 saturated carbocycles. The molecule has 1 aliphatic heterocycles. The Morgan fingerprint density at radius 2 is 1.75 bits per heavy atom. The third-order valence-electron chi connectivity index (χ3n) is 6.66. The monoisotopic (exact) mass is 497 g/mol. The Labute approximate surface area is 211 Å². The summed E-state index contributed by atoms with van der Waals surface area (Å²) >= 11 is 1.62. The van der Waals surface area contributed by atoms with Crippen molar-refractivity contribution in [2.24, 2.45) is 10.9 Å². The highest BCUT2D eigenvalue weighted by Crippen LogP contribution is 2.40. The fourth-order valence-electron chi connectivity index (χ4n) is 4.44. The molecule has 0 fully saturated rings. The van der Waals surface area contributed by atoms with Crippen molar-refractivity contribution < 1.29 is 15.0 Å². The fraction of sp³-hybridized carbons (Fsp3) is 0.222. The van der Waals surface area contributed by atoms with E-state index in [2.05, 4.69) is 24.0 Å². The number of phenols is 1. The van der Waals surface area contributed by atoms with Gasteiger partial charge in [-0.3, -0.25) is 14.4 Å². The molecular weight excluding hydrogens is 474 g/mol. The molecule has 1 unspecified atom stereocenters. The van der Waals surface area contributed by atoms with Crippen LogP contribution >= 0.6 is 11.3 Å². The minimum absolute atomic E-state index is 0.0533. The molecule has 0 radical (unpaired) electrons. The number of nitriles is 1. The normalized spacial score (nSPS) is 15.3. The summed E-state index contributed by atoms with van der Waals surface area (Å²) in [7, 11) is 0. The first-order chi connectivity index (χ1) is 17.2. The molecule has 2 atom stereocenters. The van der Waals surface area contributed by atoms with Crippen molar-refractivity contribution in [3.8, 4) is 27.9 Å². The number of aliphatic carboxylic acids is 1. The van der Waals surface area contributed by atoms with Crippen LogP contribution in [0.4, 0.5) is 0 Å². The number of aryl methyl sites for hydroxylation is 2. The van der Waals surface area contributed by atoms with Crippen molar-refractivity contribution in [1.82, 2.24) is 14.8 Å². The predicted molar refractivity (Wildman–Crippen MR) is 137 cm³/mol. The standard InChI is InChI=1S/C27H23N5O3S/c1-13-15(3)36-26-22(13)24(29-23(14(2)27(34)35)25-31-30-16(4)32(25)26)18-7-5-17(6-8-18)19-9-10-21(33)20(11-19)12-28/h5-11,14,23,33H,1-4H3,(H,34,35)/t14?,23-/m0/s1. The molecule has 0 saturated heterocycles. The summed E-state index contributed by atoms with van der Waals surface area (Å²) in [5, 5.41) is 38.5. The number of carboxylic acid groups (broad SMARTS) is 1. The van der Waals surface area contributed by atoms with Crippen molar-refractivity contribution in [2.45, 2.75) is 33.7 Å². The summed E-state index contributed by atoms with van der Waals surface area (Å²) in [6.45, 7) is 7.61. The van der Waals surface area contributed by atoms with Gasteiger partial charge in [-0.25, -0.2) is 0 Å². The highest BCUT2D eigenvalue weighted by atomic mass is 32.1. The quantitative estimate of drug-likeness (QED) is 0.404. The van der Waals surface area contributed by atoms with Crippen molar-refractivity contribution in [1.29, 1.82) is 5.26 Å². The highest BCUT2D eigenvalue weighted by Gasteiger charge is 2.36. The second-order valence-corrected chi connectivity index (χ2v) is 10.1. The Morgan fingerprint density at radius 1 is 1.08 bits per heavy atom. The van der Waals surface area contributed by atoms with E-state index in [0.717, 1.165) is 37.7 Å². The first-order valence-electron chi connectivity index (χ1n) is 11.4. The lowest BCUT2D eigenvalue weighted by Gasteiger charge is -2.16. The Kier molecular flexibility index (Phi) is 5.69. The number of phenolic OH excluding ortho intramolecular Hbond substituents is 1. The minimum Gasteiger partial charge on any atom is -0.507 e. The number of thiophene rings is 1. The smallest absolute Gasteiger partial charge is 0.308 e. The number of hydrogen-bond donors (Lipinski definition) is 2. The van der Waals surface area contributed by atoms with Gasteiger partial charge in [0.05, 0.1) is 17.2 Å². The summed E-state index contributed by atoms with van der Waals surface area (Å²) in [5.41, 5.74) is 5.49. The lowest BCUT2D eigenvalue weighted by molar-refractivity contribution is -0.141. The maximum atomic E-state index is 12.0. The second-order valence-electron chi connectivity index (χ2n) is 8.87. The van der Waals surface area contributed by atoms with Crippen LogP contribution in [0.2, 0.25) is 0 Å². The summed E-state index contributed by atoms with van der Waals surface area (Å²) in [4.78, 5) is 18.2. The van der Waals surface area contributed by atoms with Gasteiger partial charge in [-0.05, 0) is 56.5 Å². The minimum atomic E-state index is -0.954. The topological polar surface area (TPSA) is 124 Å². The number of rotatable bonds is 4. The molecule has 180 valence electrons. The Bertz CT molecular complexity index is 1590. The zero-order valence-electron chi connectivity index (χ0n) is 20.1. The lowest BCUT2D eigenvalue weighted by atomic mass is 9.96.